The molecule has 0 unspecified atom stereocenters. The Kier molecular flexibility index (Phi) is 8.84. The minimum Gasteiger partial charge on any atom is -0.494 e. The van der Waals surface area contributed by atoms with Gasteiger partial charge >= 0.3 is 0 Å². The molecule has 0 fully saturated rings. The van der Waals surface area contributed by atoms with Gasteiger partial charge in [-0.1, -0.05) is 19.6 Å². The number of likely N-dealkylation sites (N-methyl/N-ethyl adjacent to an activating group) is 1. The standard InChI is InChI=1S/C29H34N6O3/c1-5-15-35(16-14-30-3)21-10-11-24(26(18-21)37-4)33-27-19-25(23-12-13-31-29(23)34-27)38-22-9-7-8-20(17-22)32-28(36)6-2/h6-13,17-19,30H,2,5,14-16H2,1,3-4H3,(H,32,36)(H2,31,33,34). The maximum Gasteiger partial charge on any atom is 0.247 e. The first-order valence-electron chi connectivity index (χ1n) is 12.6. The number of benzene rings is 2. The molecule has 0 aliphatic rings. The zero-order valence-corrected chi connectivity index (χ0v) is 22.0. The van der Waals surface area contributed by atoms with Crippen LogP contribution >= 0.6 is 0 Å². The van der Waals surface area contributed by atoms with Crippen molar-refractivity contribution in [2.75, 3.05) is 49.3 Å². The second-order valence-electron chi connectivity index (χ2n) is 8.67. The highest BCUT2D eigenvalue weighted by molar-refractivity contribution is 5.99. The summed E-state index contributed by atoms with van der Waals surface area (Å²) in [7, 11) is 3.62. The monoisotopic (exact) mass is 514 g/mol. The summed E-state index contributed by atoms with van der Waals surface area (Å²) in [5, 5.41) is 10.2. The van der Waals surface area contributed by atoms with Gasteiger partial charge in [0.1, 0.15) is 28.7 Å². The average molecular weight is 515 g/mol. The van der Waals surface area contributed by atoms with Crippen molar-refractivity contribution in [3.8, 4) is 17.2 Å². The van der Waals surface area contributed by atoms with Crippen molar-refractivity contribution in [3.05, 3.63) is 73.4 Å². The number of ether oxygens (including phenoxy) is 2. The number of fused-ring (bicyclic) bond motifs is 1. The number of anilines is 4. The summed E-state index contributed by atoms with van der Waals surface area (Å²) >= 11 is 0. The second-order valence-corrected chi connectivity index (χ2v) is 8.67. The van der Waals surface area contributed by atoms with Gasteiger partial charge in [0.15, 0.2) is 0 Å². The molecule has 9 heteroatoms. The van der Waals surface area contributed by atoms with Gasteiger partial charge in [0.25, 0.3) is 0 Å². The number of nitrogens with one attached hydrogen (secondary N) is 4. The minimum absolute atomic E-state index is 0.287. The predicted molar refractivity (Wildman–Crippen MR) is 154 cm³/mol. The number of hydrogen-bond acceptors (Lipinski definition) is 7. The summed E-state index contributed by atoms with van der Waals surface area (Å²) in [5.74, 6) is 2.21. The summed E-state index contributed by atoms with van der Waals surface area (Å²) < 4.78 is 12.0. The van der Waals surface area contributed by atoms with Crippen molar-refractivity contribution in [2.24, 2.45) is 0 Å². The fourth-order valence-electron chi connectivity index (χ4n) is 4.12. The van der Waals surface area contributed by atoms with E-state index in [0.717, 1.165) is 48.6 Å². The molecule has 0 saturated heterocycles. The maximum absolute atomic E-state index is 11.7. The Morgan fingerprint density at radius 1 is 1.13 bits per heavy atom. The van der Waals surface area contributed by atoms with Crippen molar-refractivity contribution < 1.29 is 14.3 Å². The lowest BCUT2D eigenvalue weighted by Gasteiger charge is -2.25. The number of carbonyl (C=O) groups excluding carboxylic acids is 1. The van der Waals surface area contributed by atoms with Gasteiger partial charge < -0.3 is 35.3 Å². The van der Waals surface area contributed by atoms with E-state index in [1.807, 2.05) is 49.6 Å². The molecule has 0 aliphatic heterocycles. The number of aromatic nitrogens is 2. The van der Waals surface area contributed by atoms with Crippen LogP contribution in [0.25, 0.3) is 11.0 Å². The Morgan fingerprint density at radius 2 is 2.00 bits per heavy atom. The molecule has 9 nitrogen and oxygen atoms in total. The number of H-pyrrole nitrogens is 1. The lowest BCUT2D eigenvalue weighted by molar-refractivity contribution is -0.111. The molecule has 1 amide bonds. The van der Waals surface area contributed by atoms with Gasteiger partial charge in [-0.25, -0.2) is 4.98 Å². The van der Waals surface area contributed by atoms with Crippen LogP contribution in [-0.4, -0.2) is 49.7 Å². The summed E-state index contributed by atoms with van der Waals surface area (Å²) in [6.07, 6.45) is 4.10. The number of aromatic amines is 1. The van der Waals surface area contributed by atoms with Gasteiger partial charge in [0.2, 0.25) is 5.91 Å². The van der Waals surface area contributed by atoms with Crippen LogP contribution in [0, 0.1) is 0 Å². The fraction of sp³-hybridized carbons (Fsp3) is 0.241. The van der Waals surface area contributed by atoms with Crippen molar-refractivity contribution in [2.45, 2.75) is 13.3 Å². The zero-order valence-electron chi connectivity index (χ0n) is 22.0. The van der Waals surface area contributed by atoms with Gasteiger partial charge in [0, 0.05) is 55.4 Å². The summed E-state index contributed by atoms with van der Waals surface area (Å²) in [6.45, 7) is 8.43. The molecule has 198 valence electrons. The molecule has 4 rings (SSSR count). The van der Waals surface area contributed by atoms with Crippen LogP contribution in [0.2, 0.25) is 0 Å². The molecule has 0 radical (unpaired) electrons. The molecule has 2 aromatic carbocycles. The third-order valence-electron chi connectivity index (χ3n) is 5.94. The van der Waals surface area contributed by atoms with Crippen LogP contribution in [0.1, 0.15) is 13.3 Å². The molecule has 38 heavy (non-hydrogen) atoms. The van der Waals surface area contributed by atoms with Gasteiger partial charge in [-0.15, -0.1) is 0 Å². The van der Waals surface area contributed by atoms with E-state index in [1.165, 1.54) is 6.08 Å². The highest BCUT2D eigenvalue weighted by atomic mass is 16.5. The zero-order chi connectivity index (χ0) is 26.9. The Morgan fingerprint density at radius 3 is 2.76 bits per heavy atom. The summed E-state index contributed by atoms with van der Waals surface area (Å²) in [4.78, 5) is 21.9. The Hall–Kier alpha value is -4.50. The van der Waals surface area contributed by atoms with Gasteiger partial charge in [0.05, 0.1) is 18.2 Å². The predicted octanol–water partition coefficient (Wildman–Crippen LogP) is 5.67. The molecule has 4 N–H and O–H groups in total. The maximum atomic E-state index is 11.7. The molecule has 2 aromatic heterocycles. The molecule has 0 spiro atoms. The first-order chi connectivity index (χ1) is 18.5. The number of methoxy groups -OCH3 is 1. The first kappa shape index (κ1) is 26.6. The summed E-state index contributed by atoms with van der Waals surface area (Å²) in [5.41, 5.74) is 3.18. The Labute approximate surface area is 222 Å². The number of carbonyl (C=O) groups is 1. The number of nitrogens with zero attached hydrogens (tertiary/aromatic N) is 2. The number of amides is 1. The lowest BCUT2D eigenvalue weighted by Crippen LogP contribution is -2.31. The molecular weight excluding hydrogens is 480 g/mol. The topological polar surface area (TPSA) is 104 Å². The Bertz CT molecular complexity index is 1400. The quantitative estimate of drug-likeness (QED) is 0.171. The summed E-state index contributed by atoms with van der Waals surface area (Å²) in [6, 6.07) is 17.1. The van der Waals surface area contributed by atoms with Crippen LogP contribution in [-0.2, 0) is 4.79 Å². The molecule has 4 aromatic rings. The fourth-order valence-corrected chi connectivity index (χ4v) is 4.12. The normalized spacial score (nSPS) is 10.7. The van der Waals surface area contributed by atoms with Crippen molar-refractivity contribution >= 4 is 39.8 Å². The van der Waals surface area contributed by atoms with Gasteiger partial charge in [-0.2, -0.15) is 0 Å². The van der Waals surface area contributed by atoms with Crippen LogP contribution < -0.4 is 30.3 Å². The van der Waals surface area contributed by atoms with Crippen LogP contribution in [0.4, 0.5) is 22.9 Å². The van der Waals surface area contributed by atoms with E-state index in [9.17, 15) is 4.79 Å². The SMILES string of the molecule is C=CC(=O)Nc1cccc(Oc2cc(Nc3ccc(N(CCC)CCNC)cc3OC)nc3[nH]ccc23)c1. The first-order valence-corrected chi connectivity index (χ1v) is 12.6. The van der Waals surface area contributed by atoms with Crippen LogP contribution in [0.15, 0.2) is 73.4 Å². The third kappa shape index (κ3) is 6.43. The average Bonchev–Trinajstić information content (AvgIpc) is 3.40. The second kappa shape index (κ2) is 12.6. The van der Waals surface area contributed by atoms with Crippen molar-refractivity contribution in [3.63, 3.8) is 0 Å². The minimum atomic E-state index is -0.287. The van der Waals surface area contributed by atoms with Gasteiger partial charge in [-0.3, -0.25) is 4.79 Å². The van der Waals surface area contributed by atoms with E-state index in [1.54, 1.807) is 19.2 Å². The lowest BCUT2D eigenvalue weighted by atomic mass is 10.2. The highest BCUT2D eigenvalue weighted by Gasteiger charge is 2.14. The smallest absolute Gasteiger partial charge is 0.247 e. The number of rotatable bonds is 13. The van der Waals surface area contributed by atoms with Crippen LogP contribution in [0.3, 0.4) is 0 Å². The Balaban J connectivity index is 1.61. The molecular formula is C29H34N6O3. The van der Waals surface area contributed by atoms with Gasteiger partial charge in [-0.05, 0) is 49.9 Å². The third-order valence-corrected chi connectivity index (χ3v) is 5.94. The van der Waals surface area contributed by atoms with E-state index in [4.69, 9.17) is 14.5 Å². The molecule has 2 heterocycles. The van der Waals surface area contributed by atoms with Crippen molar-refractivity contribution in [1.29, 1.82) is 0 Å². The molecule has 0 aliphatic carbocycles. The number of hydrogen-bond donors (Lipinski definition) is 4. The molecule has 0 atom stereocenters. The van der Waals surface area contributed by atoms with Crippen LogP contribution in [0.5, 0.6) is 17.2 Å². The highest BCUT2D eigenvalue weighted by Crippen LogP contribution is 2.36. The number of pyridine rings is 1. The van der Waals surface area contributed by atoms with E-state index >= 15 is 0 Å². The van der Waals surface area contributed by atoms with E-state index in [2.05, 4.69) is 45.4 Å². The van der Waals surface area contributed by atoms with E-state index in [0.29, 0.717) is 28.7 Å². The molecule has 0 saturated carbocycles. The largest absolute Gasteiger partial charge is 0.494 e. The van der Waals surface area contributed by atoms with E-state index < -0.39 is 0 Å². The molecule has 0 bridgehead atoms. The van der Waals surface area contributed by atoms with Crippen molar-refractivity contribution in [1.82, 2.24) is 15.3 Å². The van der Waals surface area contributed by atoms with E-state index in [-0.39, 0.29) is 5.91 Å².